The predicted octanol–water partition coefficient (Wildman–Crippen LogP) is 1.80. The van der Waals surface area contributed by atoms with Crippen molar-refractivity contribution < 1.29 is 12.9 Å². The van der Waals surface area contributed by atoms with Crippen molar-refractivity contribution in [3.05, 3.63) is 47.2 Å². The quantitative estimate of drug-likeness (QED) is 0.919. The number of nitrogens with one attached hydrogen (secondary N) is 1. The number of rotatable bonds is 4. The minimum Gasteiger partial charge on any atom is -0.338 e. The van der Waals surface area contributed by atoms with E-state index in [0.717, 1.165) is 0 Å². The average molecular weight is 277 g/mol. The lowest BCUT2D eigenvalue weighted by Crippen LogP contribution is -2.14. The van der Waals surface area contributed by atoms with Crippen LogP contribution in [0.25, 0.3) is 0 Å². The minimum absolute atomic E-state index is 0.0890. The number of anilines is 1. The highest BCUT2D eigenvalue weighted by atomic mass is 32.2. The van der Waals surface area contributed by atoms with Gasteiger partial charge in [-0.1, -0.05) is 17.3 Å². The van der Waals surface area contributed by atoms with Crippen LogP contribution in [-0.2, 0) is 15.8 Å². The standard InChI is InChI=1S/C12H11N3O3S/c1-9-6-12(18-14-9)15-19(16,17)8-11-4-2-10(7-13)3-5-11/h2-6,15H,8H2,1H3. The van der Waals surface area contributed by atoms with Gasteiger partial charge in [-0.2, -0.15) is 5.26 Å². The van der Waals surface area contributed by atoms with E-state index in [9.17, 15) is 8.42 Å². The summed E-state index contributed by atoms with van der Waals surface area (Å²) in [4.78, 5) is 0. The van der Waals surface area contributed by atoms with Gasteiger partial charge in [-0.3, -0.25) is 4.72 Å². The molecule has 2 aromatic rings. The molecule has 0 radical (unpaired) electrons. The number of nitriles is 1. The molecule has 2 rings (SSSR count). The molecule has 19 heavy (non-hydrogen) atoms. The van der Waals surface area contributed by atoms with Gasteiger partial charge in [0, 0.05) is 6.07 Å². The van der Waals surface area contributed by atoms with Crippen LogP contribution in [0.4, 0.5) is 5.88 Å². The fourth-order valence-electron chi connectivity index (χ4n) is 1.50. The normalized spacial score (nSPS) is 10.9. The van der Waals surface area contributed by atoms with Gasteiger partial charge in [0.2, 0.25) is 15.9 Å². The average Bonchev–Trinajstić information content (AvgIpc) is 2.74. The Morgan fingerprint density at radius 3 is 2.58 bits per heavy atom. The first kappa shape index (κ1) is 13.1. The van der Waals surface area contributed by atoms with Gasteiger partial charge in [0.05, 0.1) is 23.1 Å². The van der Waals surface area contributed by atoms with Crippen LogP contribution in [0.15, 0.2) is 34.9 Å². The van der Waals surface area contributed by atoms with Crippen LogP contribution in [0.3, 0.4) is 0 Å². The summed E-state index contributed by atoms with van der Waals surface area (Å²) in [6, 6.07) is 9.81. The second kappa shape index (κ2) is 5.12. The lowest BCUT2D eigenvalue weighted by molar-refractivity contribution is 0.430. The summed E-state index contributed by atoms with van der Waals surface area (Å²) in [5.41, 5.74) is 1.67. The van der Waals surface area contributed by atoms with Crippen LogP contribution in [0.5, 0.6) is 0 Å². The Morgan fingerprint density at radius 1 is 1.37 bits per heavy atom. The van der Waals surface area contributed by atoms with Crippen LogP contribution in [0, 0.1) is 18.3 Å². The van der Waals surface area contributed by atoms with Gasteiger partial charge in [0.25, 0.3) is 0 Å². The smallest absolute Gasteiger partial charge is 0.239 e. The molecular weight excluding hydrogens is 266 g/mol. The number of aromatic nitrogens is 1. The first-order valence-electron chi connectivity index (χ1n) is 5.41. The van der Waals surface area contributed by atoms with Gasteiger partial charge in [0.15, 0.2) is 0 Å². The number of hydrogen-bond donors (Lipinski definition) is 1. The third-order valence-corrected chi connectivity index (χ3v) is 3.55. The molecule has 0 saturated carbocycles. The number of sulfonamides is 1. The fraction of sp³-hybridized carbons (Fsp3) is 0.167. The monoisotopic (exact) mass is 277 g/mol. The van der Waals surface area contributed by atoms with E-state index in [2.05, 4.69) is 9.88 Å². The van der Waals surface area contributed by atoms with Crippen molar-refractivity contribution in [2.24, 2.45) is 0 Å². The zero-order valence-electron chi connectivity index (χ0n) is 10.1. The van der Waals surface area contributed by atoms with Crippen LogP contribution in [-0.4, -0.2) is 13.6 Å². The summed E-state index contributed by atoms with van der Waals surface area (Å²) in [7, 11) is -3.56. The lowest BCUT2D eigenvalue weighted by Gasteiger charge is -2.04. The Balaban J connectivity index is 2.10. The highest BCUT2D eigenvalue weighted by molar-refractivity contribution is 7.91. The Labute approximate surface area is 110 Å². The van der Waals surface area contributed by atoms with Crippen molar-refractivity contribution in [1.82, 2.24) is 5.16 Å². The van der Waals surface area contributed by atoms with Crippen molar-refractivity contribution in [3.63, 3.8) is 0 Å². The first-order chi connectivity index (χ1) is 8.98. The molecule has 0 aliphatic rings. The number of nitrogens with zero attached hydrogens (tertiary/aromatic N) is 2. The molecule has 0 amide bonds. The highest BCUT2D eigenvalue weighted by Gasteiger charge is 2.14. The zero-order chi connectivity index (χ0) is 13.9. The molecule has 0 unspecified atom stereocenters. The molecule has 0 bridgehead atoms. The Bertz CT molecular complexity index is 711. The van der Waals surface area contributed by atoms with E-state index in [4.69, 9.17) is 9.78 Å². The van der Waals surface area contributed by atoms with E-state index in [0.29, 0.717) is 16.8 Å². The summed E-state index contributed by atoms with van der Waals surface area (Å²) in [5.74, 6) is -0.107. The second-order valence-corrected chi connectivity index (χ2v) is 5.72. The Morgan fingerprint density at radius 2 is 2.05 bits per heavy atom. The molecule has 98 valence electrons. The molecule has 1 aromatic heterocycles. The Hall–Kier alpha value is -2.33. The van der Waals surface area contributed by atoms with Gasteiger partial charge >= 0.3 is 0 Å². The molecule has 0 aliphatic carbocycles. The largest absolute Gasteiger partial charge is 0.338 e. The lowest BCUT2D eigenvalue weighted by atomic mass is 10.2. The zero-order valence-corrected chi connectivity index (χ0v) is 10.9. The van der Waals surface area contributed by atoms with Gasteiger partial charge in [-0.15, -0.1) is 0 Å². The summed E-state index contributed by atoms with van der Waals surface area (Å²) in [6.45, 7) is 1.70. The Kier molecular flexibility index (Phi) is 3.53. The van der Waals surface area contributed by atoms with Crippen molar-refractivity contribution in [2.45, 2.75) is 12.7 Å². The molecule has 0 atom stereocenters. The maximum atomic E-state index is 11.9. The van der Waals surface area contributed by atoms with E-state index >= 15 is 0 Å². The van der Waals surface area contributed by atoms with Crippen molar-refractivity contribution in [1.29, 1.82) is 5.26 Å². The predicted molar refractivity (Wildman–Crippen MR) is 68.6 cm³/mol. The van der Waals surface area contributed by atoms with Gasteiger partial charge in [0.1, 0.15) is 0 Å². The molecule has 1 N–H and O–H groups in total. The topological polar surface area (TPSA) is 96.0 Å². The van der Waals surface area contributed by atoms with E-state index < -0.39 is 10.0 Å². The van der Waals surface area contributed by atoms with Crippen LogP contribution < -0.4 is 4.72 Å². The van der Waals surface area contributed by atoms with Crippen LogP contribution >= 0.6 is 0 Å². The fourth-order valence-corrected chi connectivity index (χ4v) is 2.60. The number of benzene rings is 1. The highest BCUT2D eigenvalue weighted by Crippen LogP contribution is 2.14. The van der Waals surface area contributed by atoms with E-state index in [1.54, 1.807) is 31.2 Å². The molecule has 0 fully saturated rings. The number of hydrogen-bond acceptors (Lipinski definition) is 5. The van der Waals surface area contributed by atoms with Crippen molar-refractivity contribution in [3.8, 4) is 6.07 Å². The third kappa shape index (κ3) is 3.56. The summed E-state index contributed by atoms with van der Waals surface area (Å²) in [5, 5.41) is 12.3. The molecule has 0 spiro atoms. The molecule has 0 aliphatic heterocycles. The molecule has 0 saturated heterocycles. The first-order valence-corrected chi connectivity index (χ1v) is 7.06. The second-order valence-electron chi connectivity index (χ2n) is 4.00. The maximum Gasteiger partial charge on any atom is 0.239 e. The van der Waals surface area contributed by atoms with Gasteiger partial charge < -0.3 is 4.52 Å². The maximum absolute atomic E-state index is 11.9. The minimum atomic E-state index is -3.56. The van der Waals surface area contributed by atoms with Crippen molar-refractivity contribution >= 4 is 15.9 Å². The molecule has 6 nitrogen and oxygen atoms in total. The van der Waals surface area contributed by atoms with Crippen LogP contribution in [0.2, 0.25) is 0 Å². The van der Waals surface area contributed by atoms with E-state index in [1.807, 2.05) is 6.07 Å². The van der Waals surface area contributed by atoms with Gasteiger partial charge in [-0.05, 0) is 24.6 Å². The summed E-state index contributed by atoms with van der Waals surface area (Å²) >= 11 is 0. The molecule has 7 heteroatoms. The number of aryl methyl sites for hydroxylation is 1. The van der Waals surface area contributed by atoms with Crippen LogP contribution in [0.1, 0.15) is 16.8 Å². The SMILES string of the molecule is Cc1cc(NS(=O)(=O)Cc2ccc(C#N)cc2)on1. The molecule has 1 heterocycles. The van der Waals surface area contributed by atoms with E-state index in [-0.39, 0.29) is 11.6 Å². The molecular formula is C12H11N3O3S. The van der Waals surface area contributed by atoms with E-state index in [1.165, 1.54) is 6.07 Å². The van der Waals surface area contributed by atoms with Crippen molar-refractivity contribution in [2.75, 3.05) is 4.72 Å². The molecule has 1 aromatic carbocycles. The third-order valence-electron chi connectivity index (χ3n) is 2.32. The summed E-state index contributed by atoms with van der Waals surface area (Å²) in [6.07, 6.45) is 0. The van der Waals surface area contributed by atoms with Gasteiger partial charge in [-0.25, -0.2) is 8.42 Å². The summed E-state index contributed by atoms with van der Waals surface area (Å²) < 4.78 is 30.8.